The summed E-state index contributed by atoms with van der Waals surface area (Å²) < 4.78 is 0. The molecular formula is C23H21N7O. The van der Waals surface area contributed by atoms with Crippen molar-refractivity contribution >= 4 is 34.1 Å². The minimum absolute atomic E-state index is 0.280. The number of benzene rings is 1. The van der Waals surface area contributed by atoms with E-state index in [9.17, 15) is 4.79 Å². The SMILES string of the molecule is O=C(Nc1cnc(N2CCN(c3ccccn3)CC2)nc1)c1nccc2ccccc12. The highest BCUT2D eigenvalue weighted by molar-refractivity contribution is 6.11. The summed E-state index contributed by atoms with van der Waals surface area (Å²) in [5.41, 5.74) is 0.920. The fourth-order valence-corrected chi connectivity index (χ4v) is 3.72. The Balaban J connectivity index is 1.24. The smallest absolute Gasteiger partial charge is 0.274 e. The Kier molecular flexibility index (Phi) is 5.10. The molecule has 0 atom stereocenters. The maximum atomic E-state index is 12.7. The van der Waals surface area contributed by atoms with Gasteiger partial charge in [0.05, 0.1) is 18.1 Å². The van der Waals surface area contributed by atoms with E-state index >= 15 is 0 Å². The zero-order chi connectivity index (χ0) is 21.0. The van der Waals surface area contributed by atoms with Crippen molar-refractivity contribution < 1.29 is 4.79 Å². The summed E-state index contributed by atoms with van der Waals surface area (Å²) in [6.07, 6.45) is 6.72. The molecule has 4 aromatic rings. The van der Waals surface area contributed by atoms with Gasteiger partial charge < -0.3 is 15.1 Å². The second kappa shape index (κ2) is 8.35. The van der Waals surface area contributed by atoms with E-state index in [0.29, 0.717) is 17.3 Å². The third kappa shape index (κ3) is 4.00. The van der Waals surface area contributed by atoms with Crippen LogP contribution in [0.2, 0.25) is 0 Å². The molecule has 1 aromatic carbocycles. The number of anilines is 3. The van der Waals surface area contributed by atoms with Crippen molar-refractivity contribution in [2.75, 3.05) is 41.3 Å². The molecule has 0 bridgehead atoms. The van der Waals surface area contributed by atoms with E-state index in [1.807, 2.05) is 54.7 Å². The highest BCUT2D eigenvalue weighted by Crippen LogP contribution is 2.19. The summed E-state index contributed by atoms with van der Waals surface area (Å²) in [5, 5.41) is 4.63. The van der Waals surface area contributed by atoms with E-state index < -0.39 is 0 Å². The van der Waals surface area contributed by atoms with Crippen LogP contribution in [-0.4, -0.2) is 52.0 Å². The monoisotopic (exact) mass is 411 g/mol. The van der Waals surface area contributed by atoms with Crippen LogP contribution in [0.5, 0.6) is 0 Å². The Bertz CT molecular complexity index is 1180. The molecule has 0 aliphatic carbocycles. The third-order valence-electron chi connectivity index (χ3n) is 5.32. The number of carbonyl (C=O) groups is 1. The predicted octanol–water partition coefficient (Wildman–Crippen LogP) is 3.00. The van der Waals surface area contributed by atoms with E-state index in [-0.39, 0.29) is 5.91 Å². The largest absolute Gasteiger partial charge is 0.353 e. The van der Waals surface area contributed by atoms with Crippen LogP contribution in [0.25, 0.3) is 10.8 Å². The number of fused-ring (bicyclic) bond motifs is 1. The van der Waals surface area contributed by atoms with Crippen molar-refractivity contribution in [3.05, 3.63) is 79.0 Å². The minimum Gasteiger partial charge on any atom is -0.353 e. The zero-order valence-electron chi connectivity index (χ0n) is 16.8. The lowest BCUT2D eigenvalue weighted by molar-refractivity contribution is 0.102. The third-order valence-corrected chi connectivity index (χ3v) is 5.32. The molecule has 1 aliphatic rings. The maximum Gasteiger partial charge on any atom is 0.274 e. The fourth-order valence-electron chi connectivity index (χ4n) is 3.72. The first-order valence-corrected chi connectivity index (χ1v) is 10.2. The van der Waals surface area contributed by atoms with Gasteiger partial charge in [-0.1, -0.05) is 30.3 Å². The number of carbonyl (C=O) groups excluding carboxylic acids is 1. The molecule has 1 N–H and O–H groups in total. The molecule has 154 valence electrons. The zero-order valence-corrected chi connectivity index (χ0v) is 16.8. The topological polar surface area (TPSA) is 87.1 Å². The molecule has 1 saturated heterocycles. The standard InChI is InChI=1S/C23H21N7O/c31-22(21-19-6-2-1-5-17(19)8-10-25-21)28-18-15-26-23(27-16-18)30-13-11-29(12-14-30)20-7-3-4-9-24-20/h1-10,15-16H,11-14H2,(H,28,31). The van der Waals surface area contributed by atoms with Crippen molar-refractivity contribution in [1.82, 2.24) is 19.9 Å². The summed E-state index contributed by atoms with van der Waals surface area (Å²) in [5.74, 6) is 1.36. The first-order chi connectivity index (χ1) is 15.3. The van der Waals surface area contributed by atoms with Crippen molar-refractivity contribution in [1.29, 1.82) is 0 Å². The van der Waals surface area contributed by atoms with Gasteiger partial charge in [-0.25, -0.2) is 15.0 Å². The molecule has 1 fully saturated rings. The second-order valence-electron chi connectivity index (χ2n) is 7.27. The van der Waals surface area contributed by atoms with Gasteiger partial charge in [0, 0.05) is 44.0 Å². The van der Waals surface area contributed by atoms with Crippen molar-refractivity contribution in [3.8, 4) is 0 Å². The molecule has 0 unspecified atom stereocenters. The van der Waals surface area contributed by atoms with Crippen LogP contribution < -0.4 is 15.1 Å². The van der Waals surface area contributed by atoms with Crippen molar-refractivity contribution in [2.24, 2.45) is 0 Å². The minimum atomic E-state index is -0.280. The Morgan fingerprint density at radius 2 is 1.52 bits per heavy atom. The van der Waals surface area contributed by atoms with Gasteiger partial charge in [0.1, 0.15) is 11.5 Å². The van der Waals surface area contributed by atoms with Crippen molar-refractivity contribution in [3.63, 3.8) is 0 Å². The molecule has 0 saturated carbocycles. The normalized spacial score (nSPS) is 13.9. The Morgan fingerprint density at radius 3 is 2.29 bits per heavy atom. The van der Waals surface area contributed by atoms with Crippen LogP contribution in [0.15, 0.2) is 73.3 Å². The number of rotatable bonds is 4. The molecule has 8 heteroatoms. The highest BCUT2D eigenvalue weighted by Gasteiger charge is 2.20. The van der Waals surface area contributed by atoms with E-state index in [0.717, 1.165) is 42.8 Å². The average molecular weight is 411 g/mol. The predicted molar refractivity (Wildman–Crippen MR) is 120 cm³/mol. The fraction of sp³-hybridized carbons (Fsp3) is 0.174. The summed E-state index contributed by atoms with van der Waals surface area (Å²) in [6, 6.07) is 15.5. The van der Waals surface area contributed by atoms with E-state index in [4.69, 9.17) is 0 Å². The van der Waals surface area contributed by atoms with Crippen LogP contribution in [0.4, 0.5) is 17.5 Å². The molecule has 5 rings (SSSR count). The summed E-state index contributed by atoms with van der Waals surface area (Å²) >= 11 is 0. The van der Waals surface area contributed by atoms with Gasteiger partial charge in [-0.05, 0) is 23.6 Å². The van der Waals surface area contributed by atoms with Crippen LogP contribution in [0, 0.1) is 0 Å². The average Bonchev–Trinajstić information content (AvgIpc) is 2.85. The van der Waals surface area contributed by atoms with Crippen LogP contribution >= 0.6 is 0 Å². The number of piperazine rings is 1. The summed E-state index contributed by atoms with van der Waals surface area (Å²) in [7, 11) is 0. The van der Waals surface area contributed by atoms with Gasteiger partial charge in [0.25, 0.3) is 5.91 Å². The molecule has 4 heterocycles. The molecule has 0 spiro atoms. The number of pyridine rings is 2. The molecule has 1 aliphatic heterocycles. The van der Waals surface area contributed by atoms with Crippen LogP contribution in [0.3, 0.4) is 0 Å². The molecule has 31 heavy (non-hydrogen) atoms. The van der Waals surface area contributed by atoms with Gasteiger partial charge in [0.2, 0.25) is 5.95 Å². The van der Waals surface area contributed by atoms with Gasteiger partial charge >= 0.3 is 0 Å². The number of nitrogens with one attached hydrogen (secondary N) is 1. The van der Waals surface area contributed by atoms with Gasteiger partial charge in [0.15, 0.2) is 0 Å². The maximum absolute atomic E-state index is 12.7. The van der Waals surface area contributed by atoms with E-state index in [1.165, 1.54) is 0 Å². The van der Waals surface area contributed by atoms with Gasteiger partial charge in [-0.3, -0.25) is 9.78 Å². The second-order valence-corrected chi connectivity index (χ2v) is 7.27. The molecule has 0 radical (unpaired) electrons. The number of hydrogen-bond acceptors (Lipinski definition) is 7. The molecule has 8 nitrogen and oxygen atoms in total. The van der Waals surface area contributed by atoms with Gasteiger partial charge in [-0.2, -0.15) is 0 Å². The van der Waals surface area contributed by atoms with Crippen LogP contribution in [-0.2, 0) is 0 Å². The lowest BCUT2D eigenvalue weighted by atomic mass is 10.1. The van der Waals surface area contributed by atoms with E-state index in [2.05, 4.69) is 35.1 Å². The first-order valence-electron chi connectivity index (χ1n) is 10.2. The van der Waals surface area contributed by atoms with Crippen molar-refractivity contribution in [2.45, 2.75) is 0 Å². The Labute approximate surface area is 179 Å². The molecule has 3 aromatic heterocycles. The highest BCUT2D eigenvalue weighted by atomic mass is 16.1. The lowest BCUT2D eigenvalue weighted by Gasteiger charge is -2.35. The van der Waals surface area contributed by atoms with Crippen LogP contribution in [0.1, 0.15) is 10.5 Å². The Hall–Kier alpha value is -4.07. The summed E-state index contributed by atoms with van der Waals surface area (Å²) in [6.45, 7) is 3.32. The number of hydrogen-bond donors (Lipinski definition) is 1. The summed E-state index contributed by atoms with van der Waals surface area (Å²) in [4.78, 5) is 34.7. The number of amides is 1. The Morgan fingerprint density at radius 1 is 0.774 bits per heavy atom. The molecular weight excluding hydrogens is 390 g/mol. The number of aromatic nitrogens is 4. The quantitative estimate of drug-likeness (QED) is 0.552. The molecule has 1 amide bonds. The first kappa shape index (κ1) is 18.9. The number of nitrogens with zero attached hydrogens (tertiary/aromatic N) is 6. The lowest BCUT2D eigenvalue weighted by Crippen LogP contribution is -2.47. The van der Waals surface area contributed by atoms with Gasteiger partial charge in [-0.15, -0.1) is 0 Å². The van der Waals surface area contributed by atoms with E-state index in [1.54, 1.807) is 18.6 Å².